The van der Waals surface area contributed by atoms with Crippen LogP contribution in [0.15, 0.2) is 77.7 Å². The van der Waals surface area contributed by atoms with Gasteiger partial charge in [0.15, 0.2) is 0 Å². The smallest absolute Gasteiger partial charge is 0.261 e. The quantitative estimate of drug-likeness (QED) is 0.422. The van der Waals surface area contributed by atoms with Crippen molar-refractivity contribution in [3.8, 4) is 0 Å². The maximum Gasteiger partial charge on any atom is 0.261 e. The molecule has 0 radical (unpaired) electrons. The standard InChI is InChI=1S/C23H23ClN2O3S2/c1-17-9-11-21(12-10-17)31(28,29)26-20-7-4-6-18(15-20)23(27)25-13-14-30-16-19-5-2-3-8-22(19)24/h2-12,15,26H,13-14,16H2,1H3,(H,25,27). The Morgan fingerprint density at radius 2 is 1.74 bits per heavy atom. The number of aryl methyl sites for hydroxylation is 1. The molecule has 0 aliphatic rings. The number of carbonyl (C=O) groups is 1. The molecule has 0 fully saturated rings. The zero-order chi connectivity index (χ0) is 22.3. The number of anilines is 1. The van der Waals surface area contributed by atoms with Crippen LogP contribution in [0.4, 0.5) is 5.69 Å². The van der Waals surface area contributed by atoms with Crippen molar-refractivity contribution in [3.63, 3.8) is 0 Å². The van der Waals surface area contributed by atoms with Crippen LogP contribution in [0.25, 0.3) is 0 Å². The first-order chi connectivity index (χ1) is 14.8. The highest BCUT2D eigenvalue weighted by molar-refractivity contribution is 7.98. The van der Waals surface area contributed by atoms with Gasteiger partial charge in [0.25, 0.3) is 15.9 Å². The van der Waals surface area contributed by atoms with Crippen LogP contribution in [-0.2, 0) is 15.8 Å². The van der Waals surface area contributed by atoms with Gasteiger partial charge in [-0.2, -0.15) is 11.8 Å². The fraction of sp³-hybridized carbons (Fsp3) is 0.174. The number of rotatable bonds is 9. The van der Waals surface area contributed by atoms with E-state index in [1.165, 1.54) is 6.07 Å². The molecular formula is C23H23ClN2O3S2. The number of hydrogen-bond acceptors (Lipinski definition) is 4. The van der Waals surface area contributed by atoms with Crippen molar-refractivity contribution < 1.29 is 13.2 Å². The molecule has 0 aliphatic heterocycles. The van der Waals surface area contributed by atoms with Crippen LogP contribution >= 0.6 is 23.4 Å². The third-order valence-corrected chi connectivity index (χ3v) is 7.23. The second kappa shape index (κ2) is 10.7. The fourth-order valence-electron chi connectivity index (χ4n) is 2.79. The number of hydrogen-bond donors (Lipinski definition) is 2. The van der Waals surface area contributed by atoms with E-state index in [1.807, 2.05) is 31.2 Å². The van der Waals surface area contributed by atoms with Crippen molar-refractivity contribution in [3.05, 3.63) is 94.5 Å². The van der Waals surface area contributed by atoms with Crippen LogP contribution in [-0.4, -0.2) is 26.6 Å². The fourth-order valence-corrected chi connectivity index (χ4v) is 4.99. The zero-order valence-corrected chi connectivity index (χ0v) is 19.4. The highest BCUT2D eigenvalue weighted by atomic mass is 35.5. The lowest BCUT2D eigenvalue weighted by molar-refractivity contribution is 0.0956. The molecule has 0 spiro atoms. The number of benzene rings is 3. The van der Waals surface area contributed by atoms with Gasteiger partial charge in [-0.05, 0) is 48.9 Å². The van der Waals surface area contributed by atoms with E-state index in [9.17, 15) is 13.2 Å². The van der Waals surface area contributed by atoms with Gasteiger partial charge in [-0.25, -0.2) is 8.42 Å². The normalized spacial score (nSPS) is 11.2. The van der Waals surface area contributed by atoms with Crippen molar-refractivity contribution in [2.24, 2.45) is 0 Å². The van der Waals surface area contributed by atoms with Crippen molar-refractivity contribution in [1.29, 1.82) is 0 Å². The average Bonchev–Trinajstić information content (AvgIpc) is 2.75. The maximum atomic E-state index is 12.6. The molecule has 0 aliphatic carbocycles. The van der Waals surface area contributed by atoms with E-state index >= 15 is 0 Å². The summed E-state index contributed by atoms with van der Waals surface area (Å²) in [5, 5.41) is 3.60. The molecule has 2 N–H and O–H groups in total. The van der Waals surface area contributed by atoms with E-state index in [4.69, 9.17) is 11.6 Å². The molecule has 0 unspecified atom stereocenters. The number of nitrogens with one attached hydrogen (secondary N) is 2. The van der Waals surface area contributed by atoms with Crippen LogP contribution in [0.1, 0.15) is 21.5 Å². The molecular weight excluding hydrogens is 452 g/mol. The summed E-state index contributed by atoms with van der Waals surface area (Å²) < 4.78 is 27.6. The molecule has 0 saturated carbocycles. The first-order valence-corrected chi connectivity index (χ1v) is 12.7. The number of halogens is 1. The van der Waals surface area contributed by atoms with Gasteiger partial charge in [0.05, 0.1) is 4.90 Å². The molecule has 3 rings (SSSR count). The minimum absolute atomic E-state index is 0.170. The Kier molecular flexibility index (Phi) is 8.01. The number of thioether (sulfide) groups is 1. The lowest BCUT2D eigenvalue weighted by Crippen LogP contribution is -2.26. The van der Waals surface area contributed by atoms with Crippen LogP contribution in [0.5, 0.6) is 0 Å². The summed E-state index contributed by atoms with van der Waals surface area (Å²) in [6, 6.07) is 20.7. The van der Waals surface area contributed by atoms with Crippen LogP contribution in [0.3, 0.4) is 0 Å². The number of carbonyl (C=O) groups excluding carboxylic acids is 1. The molecule has 3 aromatic carbocycles. The first kappa shape index (κ1) is 23.2. The van der Waals surface area contributed by atoms with Crippen molar-refractivity contribution in [2.45, 2.75) is 17.6 Å². The molecule has 3 aromatic rings. The predicted molar refractivity (Wildman–Crippen MR) is 128 cm³/mol. The summed E-state index contributed by atoms with van der Waals surface area (Å²) in [6.07, 6.45) is 0. The minimum atomic E-state index is -3.72. The summed E-state index contributed by atoms with van der Waals surface area (Å²) >= 11 is 7.82. The van der Waals surface area contributed by atoms with Crippen molar-refractivity contribution >= 4 is 45.0 Å². The third kappa shape index (κ3) is 6.75. The lowest BCUT2D eigenvalue weighted by atomic mass is 10.2. The van der Waals surface area contributed by atoms with Crippen molar-refractivity contribution in [2.75, 3.05) is 17.0 Å². The first-order valence-electron chi connectivity index (χ1n) is 9.64. The molecule has 0 atom stereocenters. The zero-order valence-electron chi connectivity index (χ0n) is 17.0. The van der Waals surface area contributed by atoms with E-state index in [2.05, 4.69) is 10.0 Å². The Bertz CT molecular complexity index is 1150. The van der Waals surface area contributed by atoms with E-state index < -0.39 is 10.0 Å². The number of amides is 1. The summed E-state index contributed by atoms with van der Waals surface area (Å²) in [5.41, 5.74) is 2.76. The predicted octanol–water partition coefficient (Wildman–Crippen LogP) is 5.11. The molecule has 162 valence electrons. The Morgan fingerprint density at radius 3 is 2.48 bits per heavy atom. The molecule has 1 amide bonds. The number of sulfonamides is 1. The van der Waals surface area contributed by atoms with E-state index in [0.29, 0.717) is 17.8 Å². The third-order valence-electron chi connectivity index (χ3n) is 4.46. The Labute approximate surface area is 192 Å². The maximum absolute atomic E-state index is 12.6. The van der Waals surface area contributed by atoms with E-state index in [1.54, 1.807) is 54.2 Å². The highest BCUT2D eigenvalue weighted by Gasteiger charge is 2.15. The average molecular weight is 475 g/mol. The molecule has 0 bridgehead atoms. The SMILES string of the molecule is Cc1ccc(S(=O)(=O)Nc2cccc(C(=O)NCCSCc3ccccc3Cl)c2)cc1. The summed E-state index contributed by atoms with van der Waals surface area (Å²) in [7, 11) is -3.72. The van der Waals surface area contributed by atoms with Gasteiger partial charge in [0.1, 0.15) is 0 Å². The minimum Gasteiger partial charge on any atom is -0.351 e. The monoisotopic (exact) mass is 474 g/mol. The van der Waals surface area contributed by atoms with Crippen molar-refractivity contribution in [1.82, 2.24) is 5.32 Å². The molecule has 8 heteroatoms. The Morgan fingerprint density at radius 1 is 1.00 bits per heavy atom. The van der Waals surface area contributed by atoms with Crippen LogP contribution in [0.2, 0.25) is 5.02 Å². The molecule has 0 heterocycles. The van der Waals surface area contributed by atoms with E-state index in [0.717, 1.165) is 27.7 Å². The van der Waals surface area contributed by atoms with Gasteiger partial charge in [0.2, 0.25) is 0 Å². The van der Waals surface area contributed by atoms with Crippen LogP contribution < -0.4 is 10.0 Å². The Hall–Kier alpha value is -2.48. The Balaban J connectivity index is 1.52. The summed E-state index contributed by atoms with van der Waals surface area (Å²) in [6.45, 7) is 2.38. The largest absolute Gasteiger partial charge is 0.351 e. The van der Waals surface area contributed by atoms with Gasteiger partial charge in [-0.3, -0.25) is 9.52 Å². The summed E-state index contributed by atoms with van der Waals surface area (Å²) in [4.78, 5) is 12.6. The van der Waals surface area contributed by atoms with Crippen LogP contribution in [0, 0.1) is 6.92 Å². The van der Waals surface area contributed by atoms with Gasteiger partial charge >= 0.3 is 0 Å². The lowest BCUT2D eigenvalue weighted by Gasteiger charge is -2.10. The van der Waals surface area contributed by atoms with E-state index in [-0.39, 0.29) is 10.8 Å². The second-order valence-electron chi connectivity index (χ2n) is 6.90. The molecule has 0 saturated heterocycles. The van der Waals surface area contributed by atoms with Gasteiger partial charge in [-0.15, -0.1) is 0 Å². The van der Waals surface area contributed by atoms with Gasteiger partial charge in [-0.1, -0.05) is 53.6 Å². The highest BCUT2D eigenvalue weighted by Crippen LogP contribution is 2.21. The molecule has 5 nitrogen and oxygen atoms in total. The van der Waals surface area contributed by atoms with Gasteiger partial charge in [0, 0.05) is 34.3 Å². The van der Waals surface area contributed by atoms with Gasteiger partial charge < -0.3 is 5.32 Å². The summed E-state index contributed by atoms with van der Waals surface area (Å²) in [5.74, 6) is 1.25. The topological polar surface area (TPSA) is 75.3 Å². The molecule has 0 aromatic heterocycles. The molecule has 31 heavy (non-hydrogen) atoms. The second-order valence-corrected chi connectivity index (χ2v) is 10.1.